The van der Waals surface area contributed by atoms with E-state index in [-0.39, 0.29) is 5.75 Å². The van der Waals surface area contributed by atoms with Crippen LogP contribution in [0.15, 0.2) is 51.9 Å². The fourth-order valence-corrected chi connectivity index (χ4v) is 2.83. The second-order valence-electron chi connectivity index (χ2n) is 4.77. The SMILES string of the molecule is Cc1nc(-c2ccc(OS(=O)(=O)c3ccc(F)c(F)c3)cc2)no1. The van der Waals surface area contributed by atoms with Crippen molar-refractivity contribution in [2.24, 2.45) is 0 Å². The molecule has 124 valence electrons. The lowest BCUT2D eigenvalue weighted by Gasteiger charge is -2.07. The zero-order valence-electron chi connectivity index (χ0n) is 12.2. The summed E-state index contributed by atoms with van der Waals surface area (Å²) in [5, 5.41) is 3.73. The lowest BCUT2D eigenvalue weighted by Crippen LogP contribution is -2.10. The predicted molar refractivity (Wildman–Crippen MR) is 78.6 cm³/mol. The fourth-order valence-electron chi connectivity index (χ4n) is 1.88. The molecule has 24 heavy (non-hydrogen) atoms. The average Bonchev–Trinajstić information content (AvgIpc) is 2.97. The van der Waals surface area contributed by atoms with E-state index >= 15 is 0 Å². The molecule has 9 heteroatoms. The largest absolute Gasteiger partial charge is 0.379 e. The van der Waals surface area contributed by atoms with Gasteiger partial charge >= 0.3 is 10.1 Å². The Labute approximate surface area is 135 Å². The average molecular weight is 352 g/mol. The third-order valence-corrected chi connectivity index (χ3v) is 4.27. The van der Waals surface area contributed by atoms with E-state index in [1.165, 1.54) is 12.1 Å². The Morgan fingerprint density at radius 1 is 1.04 bits per heavy atom. The highest BCUT2D eigenvalue weighted by molar-refractivity contribution is 7.87. The van der Waals surface area contributed by atoms with Gasteiger partial charge in [0.1, 0.15) is 10.6 Å². The van der Waals surface area contributed by atoms with Crippen LogP contribution in [0.25, 0.3) is 11.4 Å². The normalized spacial score (nSPS) is 11.5. The van der Waals surface area contributed by atoms with Gasteiger partial charge in [0.15, 0.2) is 11.6 Å². The number of aryl methyl sites for hydroxylation is 1. The molecule has 2 aromatic carbocycles. The summed E-state index contributed by atoms with van der Waals surface area (Å²) in [4.78, 5) is 3.55. The summed E-state index contributed by atoms with van der Waals surface area (Å²) in [6, 6.07) is 8.05. The molecule has 0 atom stereocenters. The number of benzene rings is 2. The van der Waals surface area contributed by atoms with E-state index in [0.29, 0.717) is 29.4 Å². The molecule has 3 aromatic rings. The van der Waals surface area contributed by atoms with Crippen LogP contribution < -0.4 is 4.18 Å². The number of halogens is 2. The van der Waals surface area contributed by atoms with Crippen LogP contribution in [0.2, 0.25) is 0 Å². The van der Waals surface area contributed by atoms with Crippen LogP contribution in [-0.4, -0.2) is 18.6 Å². The zero-order chi connectivity index (χ0) is 17.3. The summed E-state index contributed by atoms with van der Waals surface area (Å²) in [7, 11) is -4.28. The van der Waals surface area contributed by atoms with Gasteiger partial charge in [-0.3, -0.25) is 0 Å². The summed E-state index contributed by atoms with van der Waals surface area (Å²) in [5.74, 6) is -1.67. The Bertz CT molecular complexity index is 985. The van der Waals surface area contributed by atoms with Gasteiger partial charge in [-0.2, -0.15) is 13.4 Å². The Morgan fingerprint density at radius 3 is 2.33 bits per heavy atom. The lowest BCUT2D eigenvalue weighted by molar-refractivity contribution is 0.394. The second kappa shape index (κ2) is 6.00. The van der Waals surface area contributed by atoms with Crippen LogP contribution >= 0.6 is 0 Å². The van der Waals surface area contributed by atoms with Crippen molar-refractivity contribution in [3.8, 4) is 17.1 Å². The summed E-state index contributed by atoms with van der Waals surface area (Å²) < 4.78 is 60.0. The molecule has 0 aliphatic rings. The number of nitrogens with zero attached hydrogens (tertiary/aromatic N) is 2. The summed E-state index contributed by atoms with van der Waals surface area (Å²) in [5.41, 5.74) is 0.601. The van der Waals surface area contributed by atoms with E-state index in [9.17, 15) is 17.2 Å². The number of hydrogen-bond donors (Lipinski definition) is 0. The number of aromatic nitrogens is 2. The van der Waals surface area contributed by atoms with Crippen molar-refractivity contribution in [1.29, 1.82) is 0 Å². The van der Waals surface area contributed by atoms with Crippen molar-refractivity contribution in [1.82, 2.24) is 10.1 Å². The topological polar surface area (TPSA) is 82.3 Å². The molecule has 0 N–H and O–H groups in total. The van der Waals surface area contributed by atoms with Crippen molar-refractivity contribution in [3.63, 3.8) is 0 Å². The van der Waals surface area contributed by atoms with Gasteiger partial charge in [-0.15, -0.1) is 0 Å². The molecule has 6 nitrogen and oxygen atoms in total. The first-order chi connectivity index (χ1) is 11.3. The molecule has 0 aliphatic carbocycles. The Balaban J connectivity index is 1.83. The van der Waals surface area contributed by atoms with Gasteiger partial charge in [-0.25, -0.2) is 8.78 Å². The molecular formula is C15H10F2N2O4S. The van der Waals surface area contributed by atoms with Crippen LogP contribution in [0.4, 0.5) is 8.78 Å². The van der Waals surface area contributed by atoms with Crippen molar-refractivity contribution in [2.75, 3.05) is 0 Å². The molecule has 1 heterocycles. The monoisotopic (exact) mass is 352 g/mol. The van der Waals surface area contributed by atoms with E-state index < -0.39 is 26.6 Å². The molecule has 3 rings (SSSR count). The summed E-state index contributed by atoms with van der Waals surface area (Å²) >= 11 is 0. The van der Waals surface area contributed by atoms with Gasteiger partial charge < -0.3 is 8.71 Å². The highest BCUT2D eigenvalue weighted by Gasteiger charge is 2.19. The van der Waals surface area contributed by atoms with Gasteiger partial charge in [-0.1, -0.05) is 5.16 Å². The quantitative estimate of drug-likeness (QED) is 0.671. The number of hydrogen-bond acceptors (Lipinski definition) is 6. The van der Waals surface area contributed by atoms with Crippen LogP contribution in [0.5, 0.6) is 5.75 Å². The van der Waals surface area contributed by atoms with Gasteiger partial charge in [0.05, 0.1) is 0 Å². The molecule has 0 aliphatic heterocycles. The highest BCUT2D eigenvalue weighted by Crippen LogP contribution is 2.23. The zero-order valence-corrected chi connectivity index (χ0v) is 13.0. The first-order valence-corrected chi connectivity index (χ1v) is 8.06. The first-order valence-electron chi connectivity index (χ1n) is 6.65. The van der Waals surface area contributed by atoms with E-state index in [4.69, 9.17) is 8.71 Å². The molecule has 0 fully saturated rings. The minimum Gasteiger partial charge on any atom is -0.379 e. The third kappa shape index (κ3) is 3.25. The van der Waals surface area contributed by atoms with Crippen molar-refractivity contribution in [3.05, 3.63) is 60.0 Å². The minimum absolute atomic E-state index is 0.00343. The first kappa shape index (κ1) is 16.1. The minimum atomic E-state index is -4.28. The van der Waals surface area contributed by atoms with E-state index in [2.05, 4.69) is 10.1 Å². The maximum absolute atomic E-state index is 13.2. The molecule has 0 saturated carbocycles. The molecule has 1 aromatic heterocycles. The highest BCUT2D eigenvalue weighted by atomic mass is 32.2. The maximum Gasteiger partial charge on any atom is 0.339 e. The van der Waals surface area contributed by atoms with Crippen molar-refractivity contribution < 1.29 is 25.9 Å². The molecule has 0 spiro atoms. The maximum atomic E-state index is 13.2. The molecular weight excluding hydrogens is 342 g/mol. The standard InChI is InChI=1S/C15H10F2N2O4S/c1-9-18-15(19-22-9)10-2-4-11(5-3-10)23-24(20,21)12-6-7-13(16)14(17)8-12/h2-8H,1H3. The Hall–Kier alpha value is -2.81. The molecule has 0 saturated heterocycles. The second-order valence-corrected chi connectivity index (χ2v) is 6.32. The molecule has 0 unspecified atom stereocenters. The van der Waals surface area contributed by atoms with Crippen LogP contribution in [0.1, 0.15) is 5.89 Å². The molecule has 0 amide bonds. The van der Waals surface area contributed by atoms with Crippen LogP contribution in [0, 0.1) is 18.6 Å². The molecule has 0 bridgehead atoms. The van der Waals surface area contributed by atoms with Crippen LogP contribution in [0.3, 0.4) is 0 Å². The van der Waals surface area contributed by atoms with Gasteiger partial charge in [-0.05, 0) is 42.5 Å². The van der Waals surface area contributed by atoms with Gasteiger partial charge in [0, 0.05) is 12.5 Å². The smallest absolute Gasteiger partial charge is 0.339 e. The summed E-state index contributed by atoms with van der Waals surface area (Å²) in [6.45, 7) is 1.64. The number of rotatable bonds is 4. The fraction of sp³-hybridized carbons (Fsp3) is 0.0667. The predicted octanol–water partition coefficient (Wildman–Crippen LogP) is 3.09. The van der Waals surface area contributed by atoms with Crippen molar-refractivity contribution in [2.45, 2.75) is 11.8 Å². The van der Waals surface area contributed by atoms with Gasteiger partial charge in [0.25, 0.3) is 0 Å². The van der Waals surface area contributed by atoms with Crippen molar-refractivity contribution >= 4 is 10.1 Å². The molecule has 0 radical (unpaired) electrons. The van der Waals surface area contributed by atoms with Gasteiger partial charge in [0.2, 0.25) is 11.7 Å². The lowest BCUT2D eigenvalue weighted by atomic mass is 10.2. The van der Waals surface area contributed by atoms with E-state index in [1.54, 1.807) is 19.1 Å². The third-order valence-electron chi connectivity index (χ3n) is 3.03. The summed E-state index contributed by atoms with van der Waals surface area (Å²) in [6.07, 6.45) is 0. The Morgan fingerprint density at radius 2 is 1.75 bits per heavy atom. The van der Waals surface area contributed by atoms with E-state index in [0.717, 1.165) is 6.07 Å². The Kier molecular flexibility index (Phi) is 4.02. The van der Waals surface area contributed by atoms with Crippen LogP contribution in [-0.2, 0) is 10.1 Å². The van der Waals surface area contributed by atoms with E-state index in [1.807, 2.05) is 0 Å².